The Bertz CT molecular complexity index is 1160. The Kier molecular flexibility index (Phi) is 6.97. The van der Waals surface area contributed by atoms with Crippen LogP contribution in [-0.4, -0.2) is 70.7 Å². The van der Waals surface area contributed by atoms with Gasteiger partial charge in [0.05, 0.1) is 11.6 Å². The molecule has 0 spiro atoms. The molecule has 4 heterocycles. The number of ketones is 1. The molecular weight excluding hydrogens is 446 g/mol. The molecule has 2 fully saturated rings. The lowest BCUT2D eigenvalue weighted by Gasteiger charge is -2.36. The number of thiazole rings is 1. The van der Waals surface area contributed by atoms with Crippen LogP contribution in [0.25, 0.3) is 10.9 Å². The van der Waals surface area contributed by atoms with Crippen molar-refractivity contribution in [2.45, 2.75) is 39.0 Å². The van der Waals surface area contributed by atoms with Gasteiger partial charge in [0.15, 0.2) is 0 Å². The number of carbonyl (C=O) groups excluding carboxylic acids is 2. The van der Waals surface area contributed by atoms with Crippen molar-refractivity contribution in [3.63, 3.8) is 0 Å². The largest absolute Gasteiger partial charge is 0.361 e. The van der Waals surface area contributed by atoms with Gasteiger partial charge in [0.25, 0.3) is 0 Å². The number of aromatic nitrogens is 2. The number of hydrogen-bond donors (Lipinski definition) is 2. The summed E-state index contributed by atoms with van der Waals surface area (Å²) in [5.41, 5.74) is 1.55. The van der Waals surface area contributed by atoms with Gasteiger partial charge in [-0.15, -0.1) is 11.3 Å². The first kappa shape index (κ1) is 23.1. The lowest BCUT2D eigenvalue weighted by atomic mass is 9.95. The molecule has 8 heteroatoms. The third kappa shape index (κ3) is 5.18. The lowest BCUT2D eigenvalue weighted by molar-refractivity contribution is -0.130. The quantitative estimate of drug-likeness (QED) is 0.494. The fraction of sp³-hybridized carbons (Fsp3) is 0.500. The average molecular weight is 480 g/mol. The normalized spacial score (nSPS) is 17.9. The Morgan fingerprint density at radius 2 is 1.91 bits per heavy atom. The molecule has 2 saturated heterocycles. The van der Waals surface area contributed by atoms with Crippen molar-refractivity contribution < 1.29 is 9.59 Å². The van der Waals surface area contributed by atoms with Crippen LogP contribution < -0.4 is 5.32 Å². The number of H-pyrrole nitrogens is 1. The van der Waals surface area contributed by atoms with Crippen molar-refractivity contribution in [1.29, 1.82) is 0 Å². The van der Waals surface area contributed by atoms with E-state index in [4.69, 9.17) is 0 Å². The minimum Gasteiger partial charge on any atom is -0.361 e. The molecule has 0 unspecified atom stereocenters. The smallest absolute Gasteiger partial charge is 0.241 e. The minimum atomic E-state index is -0.0735. The van der Waals surface area contributed by atoms with Crippen LogP contribution in [0, 0.1) is 12.8 Å². The molecular formula is C26H33N5O2S. The second-order valence-corrected chi connectivity index (χ2v) is 10.8. The van der Waals surface area contributed by atoms with Gasteiger partial charge in [-0.25, -0.2) is 4.98 Å². The molecule has 2 aliphatic heterocycles. The summed E-state index contributed by atoms with van der Waals surface area (Å²) < 4.78 is 0. The Labute approximate surface area is 204 Å². The number of carbonyl (C=O) groups is 2. The van der Waals surface area contributed by atoms with E-state index in [0.717, 1.165) is 41.8 Å². The van der Waals surface area contributed by atoms with E-state index in [1.807, 2.05) is 42.3 Å². The standard InChI is InChI=1S/C26H33N5O2S/c1-18-29-26(25(34-18)24(33)21-6-5-20-7-10-27-22(20)15-21)28-16-23(32)31-13-8-19(9-14-31)17-30-11-3-2-4-12-30/h5-7,10,15,19,27-28H,2-4,8-9,11-14,16-17H2,1H3. The van der Waals surface area contributed by atoms with Crippen molar-refractivity contribution in [2.75, 3.05) is 44.6 Å². The summed E-state index contributed by atoms with van der Waals surface area (Å²) in [6.07, 6.45) is 8.02. The van der Waals surface area contributed by atoms with Gasteiger partial charge in [-0.1, -0.05) is 18.6 Å². The van der Waals surface area contributed by atoms with E-state index in [9.17, 15) is 9.59 Å². The Balaban J connectivity index is 1.16. The molecule has 2 aromatic heterocycles. The van der Waals surface area contributed by atoms with Crippen LogP contribution >= 0.6 is 11.3 Å². The van der Waals surface area contributed by atoms with Gasteiger partial charge in [-0.3, -0.25) is 9.59 Å². The van der Waals surface area contributed by atoms with E-state index in [0.29, 0.717) is 22.2 Å². The third-order valence-electron chi connectivity index (χ3n) is 7.10. The van der Waals surface area contributed by atoms with Crippen LogP contribution in [0.1, 0.15) is 52.3 Å². The van der Waals surface area contributed by atoms with Gasteiger partial charge in [-0.05, 0) is 69.1 Å². The molecule has 0 aliphatic carbocycles. The van der Waals surface area contributed by atoms with Gasteiger partial charge in [-0.2, -0.15) is 0 Å². The van der Waals surface area contributed by atoms with Crippen LogP contribution in [0.3, 0.4) is 0 Å². The van der Waals surface area contributed by atoms with Gasteiger partial charge < -0.3 is 20.1 Å². The van der Waals surface area contributed by atoms with Crippen LogP contribution in [0.4, 0.5) is 5.82 Å². The maximum Gasteiger partial charge on any atom is 0.241 e. The summed E-state index contributed by atoms with van der Waals surface area (Å²) in [7, 11) is 0. The first-order valence-corrected chi connectivity index (χ1v) is 13.2. The number of nitrogens with one attached hydrogen (secondary N) is 2. The summed E-state index contributed by atoms with van der Waals surface area (Å²) >= 11 is 1.37. The number of aryl methyl sites for hydroxylation is 1. The number of fused-ring (bicyclic) bond motifs is 1. The predicted octanol–water partition coefficient (Wildman–Crippen LogP) is 4.30. The highest BCUT2D eigenvalue weighted by Crippen LogP contribution is 2.27. The lowest BCUT2D eigenvalue weighted by Crippen LogP contribution is -2.44. The maximum absolute atomic E-state index is 13.2. The summed E-state index contributed by atoms with van der Waals surface area (Å²) in [6.45, 7) is 7.32. The fourth-order valence-corrected chi connectivity index (χ4v) is 6.02. The Hall–Kier alpha value is -2.71. The van der Waals surface area contributed by atoms with E-state index in [2.05, 4.69) is 20.2 Å². The molecule has 7 nitrogen and oxygen atoms in total. The van der Waals surface area contributed by atoms with Crippen molar-refractivity contribution in [3.8, 4) is 0 Å². The van der Waals surface area contributed by atoms with Crippen molar-refractivity contribution in [3.05, 3.63) is 45.9 Å². The molecule has 0 radical (unpaired) electrons. The number of rotatable bonds is 7. The van der Waals surface area contributed by atoms with Crippen LogP contribution in [-0.2, 0) is 4.79 Å². The summed E-state index contributed by atoms with van der Waals surface area (Å²) in [5.74, 6) is 1.20. The monoisotopic (exact) mass is 479 g/mol. The number of hydrogen-bond acceptors (Lipinski definition) is 6. The Morgan fingerprint density at radius 1 is 1.12 bits per heavy atom. The molecule has 2 aliphatic rings. The zero-order valence-electron chi connectivity index (χ0n) is 19.8. The zero-order valence-corrected chi connectivity index (χ0v) is 20.6. The zero-order chi connectivity index (χ0) is 23.5. The van der Waals surface area contributed by atoms with Crippen LogP contribution in [0.15, 0.2) is 30.5 Å². The van der Waals surface area contributed by atoms with Gasteiger partial charge in [0.2, 0.25) is 11.7 Å². The van der Waals surface area contributed by atoms with Crippen LogP contribution in [0.2, 0.25) is 0 Å². The van der Waals surface area contributed by atoms with E-state index in [1.165, 1.54) is 50.2 Å². The molecule has 1 amide bonds. The SMILES string of the molecule is Cc1nc(NCC(=O)N2CCC(CN3CCCCC3)CC2)c(C(=O)c2ccc3cc[nH]c3c2)s1. The molecule has 0 bridgehead atoms. The summed E-state index contributed by atoms with van der Waals surface area (Å²) in [6, 6.07) is 7.64. The molecule has 5 rings (SSSR count). The van der Waals surface area contributed by atoms with Crippen molar-refractivity contribution in [2.24, 2.45) is 5.92 Å². The molecule has 34 heavy (non-hydrogen) atoms. The van der Waals surface area contributed by atoms with Gasteiger partial charge >= 0.3 is 0 Å². The van der Waals surface area contributed by atoms with Gasteiger partial charge in [0.1, 0.15) is 10.7 Å². The average Bonchev–Trinajstić information content (AvgIpc) is 3.48. The van der Waals surface area contributed by atoms with E-state index in [-0.39, 0.29) is 18.2 Å². The second-order valence-electron chi connectivity index (χ2n) is 9.56. The predicted molar refractivity (Wildman–Crippen MR) is 137 cm³/mol. The first-order valence-electron chi connectivity index (χ1n) is 12.4. The highest BCUT2D eigenvalue weighted by atomic mass is 32.1. The first-order chi connectivity index (χ1) is 16.6. The summed E-state index contributed by atoms with van der Waals surface area (Å²) in [5, 5.41) is 5.04. The van der Waals surface area contributed by atoms with Gasteiger partial charge in [0, 0.05) is 36.9 Å². The second kappa shape index (κ2) is 10.3. The third-order valence-corrected chi connectivity index (χ3v) is 8.07. The molecule has 2 N–H and O–H groups in total. The number of aromatic amines is 1. The van der Waals surface area contributed by atoms with E-state index in [1.54, 1.807) is 0 Å². The van der Waals surface area contributed by atoms with Crippen LogP contribution in [0.5, 0.6) is 0 Å². The molecule has 1 aromatic carbocycles. The Morgan fingerprint density at radius 3 is 2.71 bits per heavy atom. The molecule has 0 saturated carbocycles. The number of anilines is 1. The molecule has 180 valence electrons. The fourth-order valence-electron chi connectivity index (χ4n) is 5.16. The number of piperidine rings is 2. The number of benzene rings is 1. The minimum absolute atomic E-state index is 0.0735. The van der Waals surface area contributed by atoms with E-state index < -0.39 is 0 Å². The number of likely N-dealkylation sites (tertiary alicyclic amines) is 2. The van der Waals surface area contributed by atoms with Crippen molar-refractivity contribution >= 4 is 39.7 Å². The van der Waals surface area contributed by atoms with E-state index >= 15 is 0 Å². The molecule has 3 aromatic rings. The highest BCUT2D eigenvalue weighted by Gasteiger charge is 2.26. The topological polar surface area (TPSA) is 81.3 Å². The summed E-state index contributed by atoms with van der Waals surface area (Å²) in [4.78, 5) is 38.9. The number of nitrogens with zero attached hydrogens (tertiary/aromatic N) is 3. The van der Waals surface area contributed by atoms with Crippen molar-refractivity contribution in [1.82, 2.24) is 19.8 Å². The highest BCUT2D eigenvalue weighted by molar-refractivity contribution is 7.14. The molecule has 0 atom stereocenters. The maximum atomic E-state index is 13.2. The number of amides is 1.